The van der Waals surface area contributed by atoms with E-state index in [2.05, 4.69) is 20.6 Å². The summed E-state index contributed by atoms with van der Waals surface area (Å²) in [5.74, 6) is 0.873. The molecular weight excluding hydrogens is 371 g/mol. The van der Waals surface area contributed by atoms with Gasteiger partial charge in [-0.05, 0) is 31.4 Å². The number of alkyl halides is 3. The van der Waals surface area contributed by atoms with Crippen LogP contribution in [0.25, 0.3) is 0 Å². The second-order valence-corrected chi connectivity index (χ2v) is 6.57. The van der Waals surface area contributed by atoms with Gasteiger partial charge in [-0.3, -0.25) is 4.79 Å². The third-order valence-electron chi connectivity index (χ3n) is 4.47. The van der Waals surface area contributed by atoms with E-state index in [4.69, 9.17) is 0 Å². The Labute approximate surface area is 161 Å². The highest BCUT2D eigenvalue weighted by molar-refractivity contribution is 5.76. The molecule has 2 aromatic rings. The minimum absolute atomic E-state index is 0.0501. The number of piperidine rings is 1. The zero-order valence-electron chi connectivity index (χ0n) is 15.3. The number of nitrogens with one attached hydrogen (secondary N) is 2. The van der Waals surface area contributed by atoms with E-state index in [0.717, 1.165) is 25.6 Å². The monoisotopic (exact) mass is 393 g/mol. The standard InChI is InChI=1S/C19H22F3N5O/c20-19(21,22)14-13-25-17(26-16-6-1-3-8-24-16)12-15(14)23-9-5-11-27-10-4-2-7-18(27)28/h1,3,6,8,12-13H,2,4-5,7,9-11H2,(H2,23,24,25,26). The second kappa shape index (κ2) is 8.90. The van der Waals surface area contributed by atoms with Crippen LogP contribution in [0.4, 0.5) is 30.5 Å². The lowest BCUT2D eigenvalue weighted by Crippen LogP contribution is -2.36. The molecule has 3 heterocycles. The molecule has 0 aromatic carbocycles. The van der Waals surface area contributed by atoms with Gasteiger partial charge in [0.05, 0.1) is 11.3 Å². The Kier molecular flexibility index (Phi) is 6.33. The van der Waals surface area contributed by atoms with Crippen LogP contribution in [-0.4, -0.2) is 40.4 Å². The average molecular weight is 393 g/mol. The number of rotatable bonds is 7. The summed E-state index contributed by atoms with van der Waals surface area (Å²) in [4.78, 5) is 21.5. The minimum atomic E-state index is -4.51. The van der Waals surface area contributed by atoms with Crippen LogP contribution < -0.4 is 10.6 Å². The molecule has 1 amide bonds. The molecule has 1 saturated heterocycles. The van der Waals surface area contributed by atoms with Crippen molar-refractivity contribution in [2.75, 3.05) is 30.3 Å². The summed E-state index contributed by atoms with van der Waals surface area (Å²) in [6.07, 6.45) is 0.875. The molecule has 0 unspecified atom stereocenters. The summed E-state index contributed by atoms with van der Waals surface area (Å²) in [6, 6.07) is 6.53. The van der Waals surface area contributed by atoms with Crippen LogP contribution >= 0.6 is 0 Å². The number of carbonyl (C=O) groups excluding carboxylic acids is 1. The third-order valence-corrected chi connectivity index (χ3v) is 4.47. The van der Waals surface area contributed by atoms with Gasteiger partial charge in [0.25, 0.3) is 0 Å². The van der Waals surface area contributed by atoms with Gasteiger partial charge < -0.3 is 15.5 Å². The zero-order valence-corrected chi connectivity index (χ0v) is 15.3. The van der Waals surface area contributed by atoms with Crippen molar-refractivity contribution < 1.29 is 18.0 Å². The van der Waals surface area contributed by atoms with Crippen molar-refractivity contribution in [1.82, 2.24) is 14.9 Å². The number of halogens is 3. The van der Waals surface area contributed by atoms with Crippen LogP contribution in [0.1, 0.15) is 31.2 Å². The lowest BCUT2D eigenvalue weighted by Gasteiger charge is -2.26. The highest BCUT2D eigenvalue weighted by Crippen LogP contribution is 2.35. The van der Waals surface area contributed by atoms with E-state index in [1.807, 2.05) is 0 Å². The van der Waals surface area contributed by atoms with Gasteiger partial charge in [-0.15, -0.1) is 0 Å². The van der Waals surface area contributed by atoms with Crippen molar-refractivity contribution in [3.05, 3.63) is 42.2 Å². The maximum absolute atomic E-state index is 13.3. The number of carbonyl (C=O) groups is 1. The number of pyridine rings is 2. The number of hydrogen-bond donors (Lipinski definition) is 2. The molecule has 28 heavy (non-hydrogen) atoms. The fourth-order valence-electron chi connectivity index (χ4n) is 3.05. The van der Waals surface area contributed by atoms with Gasteiger partial charge in [0, 0.05) is 44.5 Å². The van der Waals surface area contributed by atoms with Gasteiger partial charge in [0.2, 0.25) is 5.91 Å². The topological polar surface area (TPSA) is 70.2 Å². The molecule has 0 radical (unpaired) electrons. The van der Waals surface area contributed by atoms with Gasteiger partial charge in [0.15, 0.2) is 0 Å². The van der Waals surface area contributed by atoms with Crippen LogP contribution in [0.3, 0.4) is 0 Å². The first kappa shape index (κ1) is 19.9. The molecular formula is C19H22F3N5O. The highest BCUT2D eigenvalue weighted by Gasteiger charge is 2.34. The predicted octanol–water partition coefficient (Wildman–Crippen LogP) is 4.05. The zero-order chi connectivity index (χ0) is 20.0. The number of likely N-dealkylation sites (tertiary alicyclic amines) is 1. The first-order valence-corrected chi connectivity index (χ1v) is 9.20. The molecule has 0 saturated carbocycles. The number of anilines is 3. The van der Waals surface area contributed by atoms with E-state index in [-0.39, 0.29) is 17.4 Å². The molecule has 0 spiro atoms. The van der Waals surface area contributed by atoms with Crippen molar-refractivity contribution in [1.29, 1.82) is 0 Å². The summed E-state index contributed by atoms with van der Waals surface area (Å²) in [6.45, 7) is 1.58. The van der Waals surface area contributed by atoms with Gasteiger partial charge in [0.1, 0.15) is 11.6 Å². The molecule has 0 aliphatic carbocycles. The van der Waals surface area contributed by atoms with Crippen molar-refractivity contribution in [3.8, 4) is 0 Å². The predicted molar refractivity (Wildman–Crippen MR) is 100 cm³/mol. The molecule has 150 valence electrons. The van der Waals surface area contributed by atoms with Gasteiger partial charge in [-0.1, -0.05) is 6.07 Å². The Hall–Kier alpha value is -2.84. The summed E-state index contributed by atoms with van der Waals surface area (Å²) in [5.41, 5.74) is -0.876. The highest BCUT2D eigenvalue weighted by atomic mass is 19.4. The Morgan fingerprint density at radius 1 is 1.14 bits per heavy atom. The van der Waals surface area contributed by atoms with Crippen LogP contribution in [0.2, 0.25) is 0 Å². The smallest absolute Gasteiger partial charge is 0.384 e. The largest absolute Gasteiger partial charge is 0.419 e. The van der Waals surface area contributed by atoms with Crippen molar-refractivity contribution >= 4 is 23.2 Å². The fourth-order valence-corrected chi connectivity index (χ4v) is 3.05. The van der Waals surface area contributed by atoms with Crippen LogP contribution in [0.5, 0.6) is 0 Å². The third kappa shape index (κ3) is 5.34. The quantitative estimate of drug-likeness (QED) is 0.695. The molecule has 2 N–H and O–H groups in total. The fraction of sp³-hybridized carbons (Fsp3) is 0.421. The Bertz CT molecular complexity index is 798. The summed E-state index contributed by atoms with van der Waals surface area (Å²) in [5, 5.41) is 5.73. The Morgan fingerprint density at radius 2 is 2.00 bits per heavy atom. The number of amides is 1. The molecule has 2 aromatic heterocycles. The van der Waals surface area contributed by atoms with E-state index in [0.29, 0.717) is 31.7 Å². The molecule has 0 atom stereocenters. The van der Waals surface area contributed by atoms with E-state index in [1.165, 1.54) is 6.07 Å². The second-order valence-electron chi connectivity index (χ2n) is 6.57. The van der Waals surface area contributed by atoms with E-state index in [9.17, 15) is 18.0 Å². The first-order chi connectivity index (χ1) is 13.4. The molecule has 1 aliphatic rings. The SMILES string of the molecule is O=C1CCCCN1CCCNc1cc(Nc2ccccn2)ncc1C(F)(F)F. The van der Waals surface area contributed by atoms with Crippen molar-refractivity contribution in [2.45, 2.75) is 31.9 Å². The molecule has 1 fully saturated rings. The maximum Gasteiger partial charge on any atom is 0.419 e. The summed E-state index contributed by atoms with van der Waals surface area (Å²) in [7, 11) is 0. The van der Waals surface area contributed by atoms with E-state index in [1.54, 1.807) is 29.3 Å². The minimum Gasteiger partial charge on any atom is -0.384 e. The van der Waals surface area contributed by atoms with Crippen molar-refractivity contribution in [2.24, 2.45) is 0 Å². The number of aromatic nitrogens is 2. The number of nitrogens with zero attached hydrogens (tertiary/aromatic N) is 3. The molecule has 3 rings (SSSR count). The van der Waals surface area contributed by atoms with Crippen LogP contribution in [0, 0.1) is 0 Å². The van der Waals surface area contributed by atoms with Gasteiger partial charge >= 0.3 is 6.18 Å². The molecule has 0 bridgehead atoms. The average Bonchev–Trinajstić information content (AvgIpc) is 2.66. The molecule has 1 aliphatic heterocycles. The van der Waals surface area contributed by atoms with Gasteiger partial charge in [-0.2, -0.15) is 13.2 Å². The van der Waals surface area contributed by atoms with Crippen molar-refractivity contribution in [3.63, 3.8) is 0 Å². The normalized spacial score (nSPS) is 14.8. The van der Waals surface area contributed by atoms with Crippen LogP contribution in [0.15, 0.2) is 36.7 Å². The van der Waals surface area contributed by atoms with E-state index < -0.39 is 11.7 Å². The first-order valence-electron chi connectivity index (χ1n) is 9.20. The maximum atomic E-state index is 13.3. The van der Waals surface area contributed by atoms with Gasteiger partial charge in [-0.25, -0.2) is 9.97 Å². The summed E-state index contributed by atoms with van der Waals surface area (Å²) < 4.78 is 39.9. The van der Waals surface area contributed by atoms with Crippen LogP contribution in [-0.2, 0) is 11.0 Å². The molecule has 9 heteroatoms. The molecule has 6 nitrogen and oxygen atoms in total. The lowest BCUT2D eigenvalue weighted by molar-refractivity contribution is -0.137. The van der Waals surface area contributed by atoms with E-state index >= 15 is 0 Å². The number of hydrogen-bond acceptors (Lipinski definition) is 5. The lowest BCUT2D eigenvalue weighted by atomic mass is 10.1. The Balaban J connectivity index is 1.64. The Morgan fingerprint density at radius 3 is 2.71 bits per heavy atom. The summed E-state index contributed by atoms with van der Waals surface area (Å²) >= 11 is 0.